The van der Waals surface area contributed by atoms with Gasteiger partial charge in [0.05, 0.1) is 11.6 Å². The molecule has 1 aromatic heterocycles. The molecule has 2 rings (SSSR count). The number of hydrogen-bond acceptors (Lipinski definition) is 2. The van der Waals surface area contributed by atoms with E-state index in [9.17, 15) is 0 Å². The standard InChI is InChI=1S/C15H16Cl2NO2/c16-13-4-5-15(14(17)12-13)20-11-10-19-9-8-18-6-2-1-3-7-18/h1-7,12H,8-11H2/q+1. The second kappa shape index (κ2) is 8.10. The van der Waals surface area contributed by atoms with E-state index < -0.39 is 0 Å². The van der Waals surface area contributed by atoms with Gasteiger partial charge in [0, 0.05) is 17.2 Å². The van der Waals surface area contributed by atoms with Gasteiger partial charge in [-0.3, -0.25) is 0 Å². The third kappa shape index (κ3) is 5.00. The molecule has 0 aliphatic rings. The molecular formula is C15H16Cl2NO2+. The first-order chi connectivity index (χ1) is 9.75. The lowest BCUT2D eigenvalue weighted by molar-refractivity contribution is -0.698. The van der Waals surface area contributed by atoms with Gasteiger partial charge in [-0.1, -0.05) is 29.3 Å². The maximum atomic E-state index is 6.00. The van der Waals surface area contributed by atoms with Crippen LogP contribution in [0.2, 0.25) is 10.0 Å². The summed E-state index contributed by atoms with van der Waals surface area (Å²) in [4.78, 5) is 0. The summed E-state index contributed by atoms with van der Waals surface area (Å²) in [7, 11) is 0. The van der Waals surface area contributed by atoms with E-state index in [1.54, 1.807) is 18.2 Å². The third-order valence-corrected chi connectivity index (χ3v) is 3.18. The Morgan fingerprint density at radius 2 is 1.75 bits per heavy atom. The van der Waals surface area contributed by atoms with Gasteiger partial charge >= 0.3 is 0 Å². The van der Waals surface area contributed by atoms with Gasteiger partial charge in [0.1, 0.15) is 19.0 Å². The van der Waals surface area contributed by atoms with Crippen molar-refractivity contribution in [1.29, 1.82) is 0 Å². The van der Waals surface area contributed by atoms with Gasteiger partial charge in [-0.25, -0.2) is 4.57 Å². The minimum absolute atomic E-state index is 0.459. The van der Waals surface area contributed by atoms with Crippen LogP contribution >= 0.6 is 23.2 Å². The topological polar surface area (TPSA) is 22.3 Å². The maximum absolute atomic E-state index is 6.00. The molecule has 5 heteroatoms. The highest BCUT2D eigenvalue weighted by Crippen LogP contribution is 2.27. The summed E-state index contributed by atoms with van der Waals surface area (Å²) in [6.07, 6.45) is 4.01. The van der Waals surface area contributed by atoms with Crippen LogP contribution in [0.25, 0.3) is 0 Å². The SMILES string of the molecule is Clc1ccc(OCCOCC[n+]2ccccc2)c(Cl)c1. The Balaban J connectivity index is 1.62. The monoisotopic (exact) mass is 312 g/mol. The molecule has 0 spiro atoms. The molecule has 0 unspecified atom stereocenters. The third-order valence-electron chi connectivity index (χ3n) is 2.65. The molecule has 3 nitrogen and oxygen atoms in total. The normalized spacial score (nSPS) is 10.5. The summed E-state index contributed by atoms with van der Waals surface area (Å²) >= 11 is 11.8. The number of hydrogen-bond donors (Lipinski definition) is 0. The Kier molecular flexibility index (Phi) is 6.12. The lowest BCUT2D eigenvalue weighted by Crippen LogP contribution is -2.35. The first-order valence-electron chi connectivity index (χ1n) is 6.35. The Bertz CT molecular complexity index is 535. The van der Waals surface area contributed by atoms with Crippen LogP contribution in [0.1, 0.15) is 0 Å². The molecule has 2 aromatic rings. The van der Waals surface area contributed by atoms with Gasteiger partial charge in [-0.15, -0.1) is 0 Å². The first-order valence-corrected chi connectivity index (χ1v) is 7.11. The summed E-state index contributed by atoms with van der Waals surface area (Å²) in [6.45, 7) is 2.45. The Morgan fingerprint density at radius 1 is 0.950 bits per heavy atom. The van der Waals surface area contributed by atoms with E-state index in [0.717, 1.165) is 6.54 Å². The summed E-state index contributed by atoms with van der Waals surface area (Å²) in [5, 5.41) is 1.11. The van der Waals surface area contributed by atoms with Crippen LogP contribution in [0.15, 0.2) is 48.8 Å². The summed E-state index contributed by atoms with van der Waals surface area (Å²) in [5.41, 5.74) is 0. The van der Waals surface area contributed by atoms with Crippen LogP contribution in [0.3, 0.4) is 0 Å². The zero-order valence-corrected chi connectivity index (χ0v) is 12.5. The highest BCUT2D eigenvalue weighted by molar-refractivity contribution is 6.35. The van der Waals surface area contributed by atoms with Gasteiger partial charge in [-0.05, 0) is 18.2 Å². The lowest BCUT2D eigenvalue weighted by atomic mass is 10.3. The number of pyridine rings is 1. The second-order valence-electron chi connectivity index (χ2n) is 4.15. The number of ether oxygens (including phenoxy) is 2. The zero-order valence-electron chi connectivity index (χ0n) is 11.0. The van der Waals surface area contributed by atoms with E-state index in [-0.39, 0.29) is 0 Å². The molecule has 0 saturated heterocycles. The number of halogens is 2. The number of aromatic nitrogens is 1. The van der Waals surface area contributed by atoms with Crippen molar-refractivity contribution < 1.29 is 14.0 Å². The van der Waals surface area contributed by atoms with Crippen molar-refractivity contribution in [2.75, 3.05) is 19.8 Å². The molecule has 1 heterocycles. The molecular weight excluding hydrogens is 297 g/mol. The van der Waals surface area contributed by atoms with Crippen molar-refractivity contribution in [2.45, 2.75) is 6.54 Å². The molecule has 0 aliphatic carbocycles. The largest absolute Gasteiger partial charge is 0.490 e. The van der Waals surface area contributed by atoms with Gasteiger partial charge in [0.2, 0.25) is 0 Å². The number of rotatable bonds is 7. The van der Waals surface area contributed by atoms with Crippen molar-refractivity contribution in [3.8, 4) is 5.75 Å². The van der Waals surface area contributed by atoms with Crippen molar-refractivity contribution in [2.24, 2.45) is 0 Å². The maximum Gasteiger partial charge on any atom is 0.171 e. The van der Waals surface area contributed by atoms with Gasteiger partial charge in [0.25, 0.3) is 0 Å². The molecule has 0 atom stereocenters. The van der Waals surface area contributed by atoms with Gasteiger partial charge in [0.15, 0.2) is 18.9 Å². The molecule has 0 N–H and O–H groups in total. The van der Waals surface area contributed by atoms with Crippen LogP contribution in [-0.2, 0) is 11.3 Å². The summed E-state index contributed by atoms with van der Waals surface area (Å²) < 4.78 is 13.1. The predicted molar refractivity (Wildman–Crippen MR) is 79.4 cm³/mol. The van der Waals surface area contributed by atoms with Gasteiger partial charge < -0.3 is 9.47 Å². The molecule has 0 fully saturated rings. The number of nitrogens with zero attached hydrogens (tertiary/aromatic N) is 1. The first kappa shape index (κ1) is 15.1. The average Bonchev–Trinajstić information content (AvgIpc) is 2.46. The van der Waals surface area contributed by atoms with E-state index in [4.69, 9.17) is 32.7 Å². The minimum Gasteiger partial charge on any atom is -0.490 e. The van der Waals surface area contributed by atoms with Crippen molar-refractivity contribution in [3.05, 3.63) is 58.8 Å². The summed E-state index contributed by atoms with van der Waals surface area (Å²) in [5.74, 6) is 0.622. The minimum atomic E-state index is 0.459. The van der Waals surface area contributed by atoms with Crippen molar-refractivity contribution in [1.82, 2.24) is 0 Å². The van der Waals surface area contributed by atoms with Crippen molar-refractivity contribution in [3.63, 3.8) is 0 Å². The Hall–Kier alpha value is -1.29. The fraction of sp³-hybridized carbons (Fsp3) is 0.267. The van der Waals surface area contributed by atoms with Crippen LogP contribution in [0.4, 0.5) is 0 Å². The van der Waals surface area contributed by atoms with E-state index in [0.29, 0.717) is 35.6 Å². The molecule has 0 amide bonds. The van der Waals surface area contributed by atoms with E-state index in [1.165, 1.54) is 0 Å². The molecule has 0 saturated carbocycles. The lowest BCUT2D eigenvalue weighted by Gasteiger charge is -2.08. The Labute approximate surface area is 128 Å². The molecule has 106 valence electrons. The Morgan fingerprint density at radius 3 is 2.50 bits per heavy atom. The quantitative estimate of drug-likeness (QED) is 0.577. The molecule has 1 aromatic carbocycles. The van der Waals surface area contributed by atoms with Crippen molar-refractivity contribution >= 4 is 23.2 Å². The van der Waals surface area contributed by atoms with E-state index >= 15 is 0 Å². The fourth-order valence-corrected chi connectivity index (χ4v) is 2.12. The highest BCUT2D eigenvalue weighted by atomic mass is 35.5. The van der Waals surface area contributed by atoms with Crippen LogP contribution in [0, 0.1) is 0 Å². The van der Waals surface area contributed by atoms with Crippen LogP contribution in [0.5, 0.6) is 5.75 Å². The predicted octanol–water partition coefficient (Wildman–Crippen LogP) is 3.38. The zero-order chi connectivity index (χ0) is 14.2. The van der Waals surface area contributed by atoms with E-state index in [1.807, 2.05) is 30.6 Å². The van der Waals surface area contributed by atoms with Crippen LogP contribution < -0.4 is 9.30 Å². The van der Waals surface area contributed by atoms with Gasteiger partial charge in [-0.2, -0.15) is 0 Å². The van der Waals surface area contributed by atoms with E-state index in [2.05, 4.69) is 4.57 Å². The summed E-state index contributed by atoms with van der Waals surface area (Å²) in [6, 6.07) is 11.1. The highest BCUT2D eigenvalue weighted by Gasteiger charge is 2.02. The average molecular weight is 313 g/mol. The number of benzene rings is 1. The smallest absolute Gasteiger partial charge is 0.171 e. The van der Waals surface area contributed by atoms with Crippen LogP contribution in [-0.4, -0.2) is 19.8 Å². The fourth-order valence-electron chi connectivity index (χ4n) is 1.66. The second-order valence-corrected chi connectivity index (χ2v) is 4.99. The molecule has 0 aliphatic heterocycles. The molecule has 0 bridgehead atoms. The molecule has 20 heavy (non-hydrogen) atoms. The molecule has 0 radical (unpaired) electrons.